The zero-order valence-corrected chi connectivity index (χ0v) is 13.4. The summed E-state index contributed by atoms with van der Waals surface area (Å²) in [4.78, 5) is 16.9. The molecular weight excluding hydrogens is 350 g/mol. The lowest BCUT2D eigenvalue weighted by Gasteiger charge is -2.05. The second-order valence-electron chi connectivity index (χ2n) is 4.72. The minimum atomic E-state index is -0.0321. The molecule has 3 rings (SSSR count). The van der Waals surface area contributed by atoms with E-state index in [0.717, 1.165) is 21.1 Å². The van der Waals surface area contributed by atoms with Crippen LogP contribution in [0.15, 0.2) is 59.1 Å². The van der Waals surface area contributed by atoms with Crippen molar-refractivity contribution in [2.45, 2.75) is 6.42 Å². The number of para-hydroxylation sites is 1. The van der Waals surface area contributed by atoms with E-state index in [9.17, 15) is 4.79 Å². The molecule has 4 heteroatoms. The minimum Gasteiger partial charge on any atom is -0.294 e. The monoisotopic (exact) mass is 359 g/mol. The fourth-order valence-corrected chi connectivity index (χ4v) is 2.96. The lowest BCUT2D eigenvalue weighted by Crippen LogP contribution is -2.06. The van der Waals surface area contributed by atoms with E-state index in [1.54, 1.807) is 12.1 Å². The summed E-state index contributed by atoms with van der Waals surface area (Å²) in [5, 5.41) is 1.52. The van der Waals surface area contributed by atoms with E-state index < -0.39 is 0 Å². The highest BCUT2D eigenvalue weighted by atomic mass is 79.9. The van der Waals surface area contributed by atoms with Gasteiger partial charge in [0, 0.05) is 21.1 Å². The summed E-state index contributed by atoms with van der Waals surface area (Å²) in [6.07, 6.45) is 0.242. The summed E-state index contributed by atoms with van der Waals surface area (Å²) < 4.78 is 0.855. The lowest BCUT2D eigenvalue weighted by molar-refractivity contribution is 0.0992. The van der Waals surface area contributed by atoms with Crippen LogP contribution < -0.4 is 0 Å². The summed E-state index contributed by atoms with van der Waals surface area (Å²) in [7, 11) is 0. The average Bonchev–Trinajstić information content (AvgIpc) is 2.47. The van der Waals surface area contributed by atoms with Crippen molar-refractivity contribution in [3.8, 4) is 0 Å². The highest BCUT2D eigenvalue weighted by Gasteiger charge is 2.12. The molecule has 0 aliphatic heterocycles. The topological polar surface area (TPSA) is 30.0 Å². The number of hydrogen-bond acceptors (Lipinski definition) is 2. The zero-order chi connectivity index (χ0) is 14.8. The summed E-state index contributed by atoms with van der Waals surface area (Å²) >= 11 is 9.45. The number of hydrogen-bond donors (Lipinski definition) is 0. The van der Waals surface area contributed by atoms with E-state index in [1.807, 2.05) is 42.5 Å². The quantitative estimate of drug-likeness (QED) is 0.610. The first kappa shape index (κ1) is 14.2. The Labute approximate surface area is 135 Å². The first-order chi connectivity index (χ1) is 10.1. The summed E-state index contributed by atoms with van der Waals surface area (Å²) in [5.41, 5.74) is 2.16. The smallest absolute Gasteiger partial charge is 0.170 e. The first-order valence-electron chi connectivity index (χ1n) is 6.46. The molecule has 2 nitrogen and oxygen atoms in total. The van der Waals surface area contributed by atoms with Crippen molar-refractivity contribution in [2.75, 3.05) is 0 Å². The van der Waals surface area contributed by atoms with Crippen molar-refractivity contribution in [1.29, 1.82) is 0 Å². The number of fused-ring (bicyclic) bond motifs is 1. The Morgan fingerprint density at radius 2 is 1.90 bits per heavy atom. The van der Waals surface area contributed by atoms with E-state index in [0.29, 0.717) is 10.6 Å². The molecule has 104 valence electrons. The Bertz CT molecular complexity index is 832. The Morgan fingerprint density at radius 1 is 1.10 bits per heavy atom. The summed E-state index contributed by atoms with van der Waals surface area (Å²) in [6.45, 7) is 0. The maximum Gasteiger partial charge on any atom is 0.170 e. The van der Waals surface area contributed by atoms with Gasteiger partial charge in [0.05, 0.1) is 17.0 Å². The van der Waals surface area contributed by atoms with Crippen molar-refractivity contribution >= 4 is 44.2 Å². The second-order valence-corrected chi connectivity index (χ2v) is 6.04. The maximum absolute atomic E-state index is 12.3. The number of pyridine rings is 1. The van der Waals surface area contributed by atoms with Crippen LogP contribution in [0.3, 0.4) is 0 Å². The van der Waals surface area contributed by atoms with E-state index in [2.05, 4.69) is 20.9 Å². The van der Waals surface area contributed by atoms with Gasteiger partial charge in [0.2, 0.25) is 0 Å². The Balaban J connectivity index is 1.89. The highest BCUT2D eigenvalue weighted by Crippen LogP contribution is 2.23. The number of ketones is 1. The van der Waals surface area contributed by atoms with Crippen LogP contribution in [0.2, 0.25) is 5.02 Å². The number of rotatable bonds is 3. The number of Topliss-reactive ketones (excluding diaryl/α,β-unsaturated/α-hetero) is 1. The number of benzene rings is 2. The van der Waals surface area contributed by atoms with Crippen LogP contribution in [0.25, 0.3) is 10.9 Å². The molecule has 0 radical (unpaired) electrons. The van der Waals surface area contributed by atoms with Gasteiger partial charge in [-0.25, -0.2) is 0 Å². The minimum absolute atomic E-state index is 0.0321. The molecule has 0 aliphatic carbocycles. The van der Waals surface area contributed by atoms with Crippen molar-refractivity contribution in [3.05, 3.63) is 75.4 Å². The largest absolute Gasteiger partial charge is 0.294 e. The standard InChI is InChI=1S/C17H11BrClNO/c18-12-6-8-14(15(19)9-12)17(21)10-13-7-5-11-3-1-2-4-16(11)20-13/h1-9H,10H2. The Hall–Kier alpha value is -1.71. The van der Waals surface area contributed by atoms with Crippen molar-refractivity contribution in [1.82, 2.24) is 4.98 Å². The van der Waals surface area contributed by atoms with Crippen molar-refractivity contribution in [2.24, 2.45) is 0 Å². The van der Waals surface area contributed by atoms with Gasteiger partial charge in [0.15, 0.2) is 5.78 Å². The van der Waals surface area contributed by atoms with Crippen LogP contribution in [-0.2, 0) is 6.42 Å². The molecule has 21 heavy (non-hydrogen) atoms. The molecule has 0 saturated heterocycles. The molecule has 3 aromatic rings. The summed E-state index contributed by atoms with van der Waals surface area (Å²) in [5.74, 6) is -0.0321. The third-order valence-electron chi connectivity index (χ3n) is 3.23. The fraction of sp³-hybridized carbons (Fsp3) is 0.0588. The molecule has 0 unspecified atom stereocenters. The number of nitrogens with zero attached hydrogens (tertiary/aromatic N) is 1. The van der Waals surface area contributed by atoms with Gasteiger partial charge in [0.1, 0.15) is 0 Å². The van der Waals surface area contributed by atoms with Gasteiger partial charge in [0.25, 0.3) is 0 Å². The van der Waals surface area contributed by atoms with Crippen LogP contribution in [-0.4, -0.2) is 10.8 Å². The normalized spacial score (nSPS) is 10.8. The molecule has 0 amide bonds. The van der Waals surface area contributed by atoms with Crippen LogP contribution in [0.1, 0.15) is 16.1 Å². The van der Waals surface area contributed by atoms with Crippen LogP contribution in [0.4, 0.5) is 0 Å². The Morgan fingerprint density at radius 3 is 2.71 bits per heavy atom. The predicted molar refractivity (Wildman–Crippen MR) is 88.9 cm³/mol. The average molecular weight is 361 g/mol. The van der Waals surface area contributed by atoms with Crippen molar-refractivity contribution in [3.63, 3.8) is 0 Å². The van der Waals surface area contributed by atoms with Gasteiger partial charge in [-0.15, -0.1) is 0 Å². The van der Waals surface area contributed by atoms with Gasteiger partial charge in [-0.3, -0.25) is 9.78 Å². The molecule has 0 saturated carbocycles. The van der Waals surface area contributed by atoms with Crippen LogP contribution in [0, 0.1) is 0 Å². The SMILES string of the molecule is O=C(Cc1ccc2ccccc2n1)c1ccc(Br)cc1Cl. The third kappa shape index (κ3) is 3.14. The fourth-order valence-electron chi connectivity index (χ4n) is 2.18. The van der Waals surface area contributed by atoms with E-state index in [-0.39, 0.29) is 12.2 Å². The Kier molecular flexibility index (Phi) is 4.04. The molecule has 0 aliphatic rings. The molecule has 0 N–H and O–H groups in total. The molecule has 2 aromatic carbocycles. The molecule has 0 bridgehead atoms. The molecule has 0 fully saturated rings. The molecule has 0 atom stereocenters. The number of aromatic nitrogens is 1. The van der Waals surface area contributed by atoms with Gasteiger partial charge >= 0.3 is 0 Å². The van der Waals surface area contributed by atoms with E-state index in [1.165, 1.54) is 0 Å². The van der Waals surface area contributed by atoms with Crippen LogP contribution in [0.5, 0.6) is 0 Å². The predicted octanol–water partition coefficient (Wildman–Crippen LogP) is 5.08. The van der Waals surface area contributed by atoms with Gasteiger partial charge in [-0.05, 0) is 30.3 Å². The first-order valence-corrected chi connectivity index (χ1v) is 7.63. The van der Waals surface area contributed by atoms with Gasteiger partial charge in [-0.2, -0.15) is 0 Å². The third-order valence-corrected chi connectivity index (χ3v) is 4.04. The second kappa shape index (κ2) is 5.96. The lowest BCUT2D eigenvalue weighted by atomic mass is 10.1. The molecular formula is C17H11BrClNO. The van der Waals surface area contributed by atoms with Crippen LogP contribution >= 0.6 is 27.5 Å². The van der Waals surface area contributed by atoms with E-state index >= 15 is 0 Å². The summed E-state index contributed by atoms with van der Waals surface area (Å²) in [6, 6.07) is 17.0. The van der Waals surface area contributed by atoms with E-state index in [4.69, 9.17) is 11.6 Å². The molecule has 1 heterocycles. The number of carbonyl (C=O) groups is 1. The maximum atomic E-state index is 12.3. The zero-order valence-electron chi connectivity index (χ0n) is 11.0. The van der Waals surface area contributed by atoms with Gasteiger partial charge < -0.3 is 0 Å². The number of carbonyl (C=O) groups excluding carboxylic acids is 1. The number of halogens is 2. The van der Waals surface area contributed by atoms with Gasteiger partial charge in [-0.1, -0.05) is 51.8 Å². The molecule has 0 spiro atoms. The molecule has 1 aromatic heterocycles. The highest BCUT2D eigenvalue weighted by molar-refractivity contribution is 9.10. The van der Waals surface area contributed by atoms with Crippen molar-refractivity contribution < 1.29 is 4.79 Å².